The molecule has 1 aromatic carbocycles. The first-order valence-corrected chi connectivity index (χ1v) is 20.9. The zero-order chi connectivity index (χ0) is 29.0. The van der Waals surface area contributed by atoms with E-state index in [-0.39, 0.29) is 59.2 Å². The van der Waals surface area contributed by atoms with E-state index in [0.717, 1.165) is 19.3 Å². The fraction of sp³-hybridized carbons (Fsp3) is 0.774. The Morgan fingerprint density at radius 1 is 1.13 bits per heavy atom. The zero-order valence-corrected chi connectivity index (χ0v) is 27.9. The van der Waals surface area contributed by atoms with Crippen LogP contribution in [0.5, 0.6) is 0 Å². The van der Waals surface area contributed by atoms with Crippen molar-refractivity contribution in [3.8, 4) is 0 Å². The summed E-state index contributed by atoms with van der Waals surface area (Å²) in [4.78, 5) is 13.7. The van der Waals surface area contributed by atoms with Gasteiger partial charge >= 0.3 is 5.97 Å². The quantitative estimate of drug-likeness (QED) is 0.258. The summed E-state index contributed by atoms with van der Waals surface area (Å²) < 4.78 is 25.0. The highest BCUT2D eigenvalue weighted by Crippen LogP contribution is 2.50. The molecule has 0 bridgehead atoms. The van der Waals surface area contributed by atoms with Crippen LogP contribution in [0.2, 0.25) is 36.8 Å². The van der Waals surface area contributed by atoms with Gasteiger partial charge in [0.1, 0.15) is 0 Å². The van der Waals surface area contributed by atoms with E-state index in [1.54, 1.807) is 0 Å². The van der Waals surface area contributed by atoms with Gasteiger partial charge in [0.2, 0.25) is 0 Å². The Labute approximate surface area is 239 Å². The van der Waals surface area contributed by atoms with Crippen LogP contribution < -0.4 is 5.19 Å². The highest BCUT2D eigenvalue weighted by Gasteiger charge is 2.54. The number of benzene rings is 1. The first-order chi connectivity index (χ1) is 18.2. The summed E-state index contributed by atoms with van der Waals surface area (Å²) in [5.74, 6) is -0.754. The van der Waals surface area contributed by atoms with Crippen LogP contribution in [0.25, 0.3) is 0 Å². The lowest BCUT2D eigenvalue weighted by Crippen LogP contribution is -2.52. The van der Waals surface area contributed by atoms with Gasteiger partial charge in [0.15, 0.2) is 14.6 Å². The molecule has 1 heterocycles. The lowest BCUT2D eigenvalue weighted by atomic mass is 9.77. The molecule has 6 nitrogen and oxygen atoms in total. The Morgan fingerprint density at radius 2 is 1.79 bits per heavy atom. The Hall–Kier alpha value is -1.04. The summed E-state index contributed by atoms with van der Waals surface area (Å²) in [7, 11) is -2.67. The summed E-state index contributed by atoms with van der Waals surface area (Å²) in [6.07, 6.45) is 3.35. The third-order valence-electron chi connectivity index (χ3n) is 10.3. The fourth-order valence-electron chi connectivity index (χ4n) is 6.30. The minimum absolute atomic E-state index is 0.0141. The van der Waals surface area contributed by atoms with Crippen LogP contribution >= 0.6 is 0 Å². The second-order valence-electron chi connectivity index (χ2n) is 13.9. The van der Waals surface area contributed by atoms with Gasteiger partial charge in [-0.2, -0.15) is 0 Å². The van der Waals surface area contributed by atoms with Crippen molar-refractivity contribution in [3.05, 3.63) is 30.3 Å². The number of carbonyl (C=O) groups is 1. The number of aliphatic hydroxyl groups excluding tert-OH is 1. The van der Waals surface area contributed by atoms with Gasteiger partial charge in [-0.15, -0.1) is 0 Å². The zero-order valence-electron chi connectivity index (χ0n) is 25.9. The molecule has 0 amide bonds. The molecule has 7 atom stereocenters. The van der Waals surface area contributed by atoms with Gasteiger partial charge < -0.3 is 23.7 Å². The van der Waals surface area contributed by atoms with E-state index in [1.807, 2.05) is 6.07 Å². The van der Waals surface area contributed by atoms with Crippen LogP contribution in [0.4, 0.5) is 0 Å². The van der Waals surface area contributed by atoms with Crippen LogP contribution in [-0.2, 0) is 23.4 Å². The van der Waals surface area contributed by atoms with Gasteiger partial charge in [0, 0.05) is 25.7 Å². The van der Waals surface area contributed by atoms with E-state index in [2.05, 4.69) is 78.1 Å². The maximum atomic E-state index is 13.7. The Morgan fingerprint density at radius 3 is 2.33 bits per heavy atom. The van der Waals surface area contributed by atoms with Gasteiger partial charge in [-0.05, 0) is 61.2 Å². The van der Waals surface area contributed by atoms with Gasteiger partial charge in [-0.3, -0.25) is 4.79 Å². The number of esters is 1. The molecule has 1 aromatic rings. The molecule has 1 aliphatic heterocycles. The van der Waals surface area contributed by atoms with Crippen molar-refractivity contribution in [1.82, 2.24) is 0 Å². The van der Waals surface area contributed by atoms with Crippen molar-refractivity contribution in [2.45, 2.75) is 103 Å². The van der Waals surface area contributed by atoms with Gasteiger partial charge in [-0.1, -0.05) is 76.3 Å². The molecule has 3 unspecified atom stereocenters. The largest absolute Gasteiger partial charge is 0.469 e. The van der Waals surface area contributed by atoms with E-state index in [1.165, 1.54) is 12.3 Å². The summed E-state index contributed by atoms with van der Waals surface area (Å²) in [6, 6.07) is 10.6. The highest BCUT2D eigenvalue weighted by atomic mass is 28.4. The summed E-state index contributed by atoms with van der Waals surface area (Å²) >= 11 is 0. The molecule has 2 aliphatic rings. The Balaban J connectivity index is 2.01. The van der Waals surface area contributed by atoms with E-state index < -0.39 is 16.4 Å². The van der Waals surface area contributed by atoms with Crippen LogP contribution in [0.1, 0.15) is 53.4 Å². The number of hydrogen-bond acceptors (Lipinski definition) is 6. The molecule has 0 spiro atoms. The van der Waals surface area contributed by atoms with Crippen molar-refractivity contribution in [2.24, 2.45) is 23.7 Å². The summed E-state index contributed by atoms with van der Waals surface area (Å²) in [5.41, 5.74) is 0.0893. The topological polar surface area (TPSA) is 74.2 Å². The lowest BCUT2D eigenvalue weighted by molar-refractivity contribution is -0.198. The van der Waals surface area contributed by atoms with Crippen LogP contribution in [-0.4, -0.2) is 66.8 Å². The van der Waals surface area contributed by atoms with Crippen LogP contribution in [0.3, 0.4) is 0 Å². The average molecular weight is 579 g/mol. The van der Waals surface area contributed by atoms with E-state index in [0.29, 0.717) is 19.6 Å². The molecule has 39 heavy (non-hydrogen) atoms. The second kappa shape index (κ2) is 13.3. The molecule has 1 aliphatic carbocycles. The molecule has 3 rings (SSSR count). The smallest absolute Gasteiger partial charge is 0.308 e. The molecule has 222 valence electrons. The van der Waals surface area contributed by atoms with Crippen LogP contribution in [0.15, 0.2) is 30.3 Å². The second-order valence-corrected chi connectivity index (χ2v) is 23.6. The highest BCUT2D eigenvalue weighted by molar-refractivity contribution is 6.91. The third-order valence-corrected chi connectivity index (χ3v) is 19.2. The van der Waals surface area contributed by atoms with Crippen molar-refractivity contribution in [2.75, 3.05) is 26.9 Å². The average Bonchev–Trinajstić information content (AvgIpc) is 3.24. The molecule has 0 aromatic heterocycles. The molecule has 0 radical (unpaired) electrons. The van der Waals surface area contributed by atoms with E-state index in [9.17, 15) is 9.90 Å². The molecule has 1 saturated heterocycles. The van der Waals surface area contributed by atoms with Crippen molar-refractivity contribution in [3.63, 3.8) is 0 Å². The van der Waals surface area contributed by atoms with E-state index >= 15 is 0 Å². The Bertz CT molecular complexity index is 909. The summed E-state index contributed by atoms with van der Waals surface area (Å²) in [5, 5.41) is 12.1. The van der Waals surface area contributed by atoms with Gasteiger partial charge in [-0.25, -0.2) is 0 Å². The molecule has 1 saturated carbocycles. The number of hydrogen-bond donors (Lipinski definition) is 1. The molecular weight excluding hydrogens is 525 g/mol. The van der Waals surface area contributed by atoms with Gasteiger partial charge in [0.25, 0.3) is 0 Å². The SMILES string of the molecule is COC(=O)C(C(C)[Si](C)(C)c1ccccc1)[C@H]1[C@@H](CO)C[C@@H](OC2CCCCO2)[C@@H]1CO[Si](C)(C)C(C)(C)C. The number of ether oxygens (including phenoxy) is 3. The van der Waals surface area contributed by atoms with Gasteiger partial charge in [0.05, 0.1) is 27.2 Å². The standard InChI is InChI=1S/C31H54O6Si2/c1-22(38(6,7)24-15-11-10-12-16-24)28(30(33)34-5)29-23(20-32)19-26(37-27-17-13-14-18-35-27)25(29)21-36-39(8,9)31(2,3)4/h10-12,15-16,22-23,25-29,32H,13-14,17-21H2,1-9H3/t22?,23-,25+,26-,27?,28?,29+/m1/s1. The molecule has 8 heteroatoms. The predicted octanol–water partition coefficient (Wildman–Crippen LogP) is 5.96. The van der Waals surface area contributed by atoms with E-state index in [4.69, 9.17) is 18.6 Å². The molecular formula is C31H54O6Si2. The molecule has 2 fully saturated rings. The lowest BCUT2D eigenvalue weighted by Gasteiger charge is -2.43. The maximum Gasteiger partial charge on any atom is 0.308 e. The maximum absolute atomic E-state index is 13.7. The first-order valence-electron chi connectivity index (χ1n) is 14.9. The Kier molecular flexibility index (Phi) is 11.1. The summed E-state index contributed by atoms with van der Waals surface area (Å²) in [6.45, 7) is 19.4. The van der Waals surface area contributed by atoms with Crippen molar-refractivity contribution in [1.29, 1.82) is 0 Å². The monoisotopic (exact) mass is 578 g/mol. The normalized spacial score (nSPS) is 28.2. The number of methoxy groups -OCH3 is 1. The first kappa shape index (κ1) is 32.5. The number of aliphatic hydroxyl groups is 1. The number of carbonyl (C=O) groups excluding carboxylic acids is 1. The minimum Gasteiger partial charge on any atom is -0.469 e. The fourth-order valence-corrected chi connectivity index (χ4v) is 10.2. The minimum atomic E-state index is -2.10. The van der Waals surface area contributed by atoms with Crippen molar-refractivity contribution < 1.29 is 28.5 Å². The van der Waals surface area contributed by atoms with Crippen molar-refractivity contribution >= 4 is 27.5 Å². The molecule has 1 N–H and O–H groups in total. The number of rotatable bonds is 11. The predicted molar refractivity (Wildman–Crippen MR) is 162 cm³/mol. The van der Waals surface area contributed by atoms with Crippen LogP contribution in [0, 0.1) is 23.7 Å². The third kappa shape index (κ3) is 7.43.